The number of nitrogens with zero attached hydrogens (tertiary/aromatic N) is 1. The molecule has 19 heavy (non-hydrogen) atoms. The molecule has 0 fully saturated rings. The molecule has 0 spiro atoms. The van der Waals surface area contributed by atoms with Crippen LogP contribution in [-0.4, -0.2) is 16.1 Å². The molecule has 0 aliphatic rings. The van der Waals surface area contributed by atoms with Gasteiger partial charge in [0.2, 0.25) is 0 Å². The molecule has 1 aromatic carbocycles. The van der Waals surface area contributed by atoms with Gasteiger partial charge in [-0.2, -0.15) is 0 Å². The Labute approximate surface area is 126 Å². The van der Waals surface area contributed by atoms with Crippen molar-refractivity contribution < 1.29 is 14.6 Å². The van der Waals surface area contributed by atoms with Gasteiger partial charge in [-0.1, -0.05) is 15.9 Å². The van der Waals surface area contributed by atoms with Gasteiger partial charge in [-0.15, -0.1) is 0 Å². The van der Waals surface area contributed by atoms with Crippen LogP contribution < -0.4 is 4.74 Å². The van der Waals surface area contributed by atoms with Gasteiger partial charge in [-0.05, 0) is 52.7 Å². The molecule has 0 amide bonds. The second kappa shape index (κ2) is 5.71. The molecule has 4 nitrogen and oxygen atoms in total. The van der Waals surface area contributed by atoms with Gasteiger partial charge in [-0.25, -0.2) is 9.78 Å². The van der Waals surface area contributed by atoms with Crippen molar-refractivity contribution >= 4 is 37.8 Å². The minimum Gasteiger partial charge on any atom is -0.476 e. The zero-order valence-electron chi connectivity index (χ0n) is 9.85. The topological polar surface area (TPSA) is 59.4 Å². The van der Waals surface area contributed by atoms with Crippen molar-refractivity contribution in [2.45, 2.75) is 6.92 Å². The van der Waals surface area contributed by atoms with Crippen LogP contribution in [-0.2, 0) is 0 Å². The van der Waals surface area contributed by atoms with Crippen LogP contribution in [0.2, 0.25) is 0 Å². The molecule has 0 saturated heterocycles. The van der Waals surface area contributed by atoms with Gasteiger partial charge < -0.3 is 9.84 Å². The Morgan fingerprint density at radius 2 is 1.95 bits per heavy atom. The quantitative estimate of drug-likeness (QED) is 0.848. The number of pyridine rings is 1. The molecule has 0 aliphatic heterocycles. The number of carboxylic acid groups (broad SMARTS) is 1. The summed E-state index contributed by atoms with van der Waals surface area (Å²) in [7, 11) is 0. The van der Waals surface area contributed by atoms with E-state index in [4.69, 9.17) is 9.84 Å². The van der Waals surface area contributed by atoms with Gasteiger partial charge >= 0.3 is 5.97 Å². The summed E-state index contributed by atoms with van der Waals surface area (Å²) in [6, 6.07) is 7.07. The summed E-state index contributed by atoms with van der Waals surface area (Å²) in [6.45, 7) is 1.88. The Balaban J connectivity index is 2.42. The molecule has 0 saturated carbocycles. The summed E-state index contributed by atoms with van der Waals surface area (Å²) in [6.07, 6.45) is 1.42. The molecule has 98 valence electrons. The van der Waals surface area contributed by atoms with E-state index in [0.717, 1.165) is 10.0 Å². The molecular weight excluding hydrogens is 378 g/mol. The van der Waals surface area contributed by atoms with E-state index < -0.39 is 5.97 Å². The summed E-state index contributed by atoms with van der Waals surface area (Å²) in [5, 5.41) is 9.08. The first-order chi connectivity index (χ1) is 8.97. The van der Waals surface area contributed by atoms with Crippen molar-refractivity contribution in [1.29, 1.82) is 0 Å². The van der Waals surface area contributed by atoms with Gasteiger partial charge in [0.1, 0.15) is 5.75 Å². The highest BCUT2D eigenvalue weighted by Crippen LogP contribution is 2.30. The number of hydrogen-bond acceptors (Lipinski definition) is 3. The molecule has 1 aromatic heterocycles. The predicted octanol–water partition coefficient (Wildman–Crippen LogP) is 4.41. The molecule has 0 aliphatic carbocycles. The van der Waals surface area contributed by atoms with Crippen LogP contribution in [0.25, 0.3) is 0 Å². The molecule has 6 heteroatoms. The number of carboxylic acids is 1. The van der Waals surface area contributed by atoms with Crippen LogP contribution in [0.5, 0.6) is 11.5 Å². The van der Waals surface area contributed by atoms with Crippen molar-refractivity contribution in [2.24, 2.45) is 0 Å². The lowest BCUT2D eigenvalue weighted by Crippen LogP contribution is -2.03. The fourth-order valence-electron chi connectivity index (χ4n) is 1.50. The maximum Gasteiger partial charge on any atom is 0.358 e. The minimum absolute atomic E-state index is 0.120. The standard InChI is InChI=1S/C13H9Br2NO3/c1-7-4-8(14)2-3-10(7)19-11-5-9(15)6-16-12(11)13(17)18/h2-6H,1H3,(H,17,18). The molecule has 1 heterocycles. The second-order valence-corrected chi connectivity index (χ2v) is 5.65. The summed E-state index contributed by atoms with van der Waals surface area (Å²) >= 11 is 6.61. The van der Waals surface area contributed by atoms with Crippen LogP contribution in [0.4, 0.5) is 0 Å². The zero-order valence-corrected chi connectivity index (χ0v) is 13.0. The number of benzene rings is 1. The normalized spacial score (nSPS) is 10.3. The van der Waals surface area contributed by atoms with Crippen molar-refractivity contribution in [1.82, 2.24) is 4.98 Å². The summed E-state index contributed by atoms with van der Waals surface area (Å²) in [4.78, 5) is 14.9. The Bertz CT molecular complexity index is 644. The number of rotatable bonds is 3. The number of ether oxygens (including phenoxy) is 1. The number of carbonyl (C=O) groups is 1. The van der Waals surface area contributed by atoms with Gasteiger partial charge in [0.15, 0.2) is 11.4 Å². The maximum atomic E-state index is 11.1. The average molecular weight is 387 g/mol. The summed E-state index contributed by atoms with van der Waals surface area (Å²) < 4.78 is 7.23. The van der Waals surface area contributed by atoms with Crippen LogP contribution in [0.1, 0.15) is 16.1 Å². The first-order valence-corrected chi connectivity index (χ1v) is 6.89. The highest BCUT2D eigenvalue weighted by atomic mass is 79.9. The van der Waals surface area contributed by atoms with E-state index >= 15 is 0 Å². The van der Waals surface area contributed by atoms with Crippen LogP contribution >= 0.6 is 31.9 Å². The lowest BCUT2D eigenvalue weighted by Gasteiger charge is -2.11. The van der Waals surface area contributed by atoms with Gasteiger partial charge in [0, 0.05) is 15.1 Å². The Hall–Kier alpha value is -1.40. The van der Waals surface area contributed by atoms with E-state index in [1.165, 1.54) is 6.20 Å². The maximum absolute atomic E-state index is 11.1. The smallest absolute Gasteiger partial charge is 0.358 e. The van der Waals surface area contributed by atoms with Crippen LogP contribution in [0.3, 0.4) is 0 Å². The van der Waals surface area contributed by atoms with E-state index in [9.17, 15) is 4.79 Å². The molecule has 2 aromatic rings. The lowest BCUT2D eigenvalue weighted by molar-refractivity contribution is 0.0687. The van der Waals surface area contributed by atoms with Gasteiger partial charge in [0.05, 0.1) is 0 Å². The molecule has 0 atom stereocenters. The van der Waals surface area contributed by atoms with E-state index in [1.807, 2.05) is 19.1 Å². The first kappa shape index (κ1) is 14.0. The van der Waals surface area contributed by atoms with Gasteiger partial charge in [0.25, 0.3) is 0 Å². The number of aromatic nitrogens is 1. The third-order valence-corrected chi connectivity index (χ3v) is 3.31. The fourth-order valence-corrected chi connectivity index (χ4v) is 2.29. The third kappa shape index (κ3) is 3.33. The molecule has 0 unspecified atom stereocenters. The molecule has 2 rings (SSSR count). The summed E-state index contributed by atoms with van der Waals surface area (Å²) in [5.41, 5.74) is 0.774. The molecule has 0 bridgehead atoms. The van der Waals surface area contributed by atoms with Crippen molar-refractivity contribution in [3.63, 3.8) is 0 Å². The highest BCUT2D eigenvalue weighted by molar-refractivity contribution is 9.10. The van der Waals surface area contributed by atoms with Crippen molar-refractivity contribution in [3.8, 4) is 11.5 Å². The number of hydrogen-bond donors (Lipinski definition) is 1. The molecule has 0 radical (unpaired) electrons. The third-order valence-electron chi connectivity index (χ3n) is 2.38. The van der Waals surface area contributed by atoms with E-state index in [1.54, 1.807) is 12.1 Å². The Morgan fingerprint density at radius 1 is 1.21 bits per heavy atom. The van der Waals surface area contributed by atoms with Crippen molar-refractivity contribution in [3.05, 3.63) is 50.7 Å². The zero-order chi connectivity index (χ0) is 14.0. The molecule has 1 N–H and O–H groups in total. The monoisotopic (exact) mass is 385 g/mol. The largest absolute Gasteiger partial charge is 0.476 e. The fraction of sp³-hybridized carbons (Fsp3) is 0.0769. The van der Waals surface area contributed by atoms with Crippen LogP contribution in [0, 0.1) is 6.92 Å². The van der Waals surface area contributed by atoms with E-state index in [0.29, 0.717) is 10.2 Å². The number of aromatic carboxylic acids is 1. The van der Waals surface area contributed by atoms with Gasteiger partial charge in [-0.3, -0.25) is 0 Å². The Kier molecular flexibility index (Phi) is 4.21. The highest BCUT2D eigenvalue weighted by Gasteiger charge is 2.15. The minimum atomic E-state index is -1.13. The second-order valence-electron chi connectivity index (χ2n) is 3.82. The van der Waals surface area contributed by atoms with E-state index in [2.05, 4.69) is 36.8 Å². The Morgan fingerprint density at radius 3 is 2.58 bits per heavy atom. The lowest BCUT2D eigenvalue weighted by atomic mass is 10.2. The number of aryl methyl sites for hydroxylation is 1. The predicted molar refractivity (Wildman–Crippen MR) is 77.8 cm³/mol. The van der Waals surface area contributed by atoms with E-state index in [-0.39, 0.29) is 11.4 Å². The SMILES string of the molecule is Cc1cc(Br)ccc1Oc1cc(Br)cnc1C(=O)O. The average Bonchev–Trinajstić information content (AvgIpc) is 2.32. The molecular formula is C13H9Br2NO3. The number of halogens is 2. The van der Waals surface area contributed by atoms with Crippen LogP contribution in [0.15, 0.2) is 39.4 Å². The van der Waals surface area contributed by atoms with Crippen molar-refractivity contribution in [2.75, 3.05) is 0 Å². The first-order valence-electron chi connectivity index (χ1n) is 5.30. The summed E-state index contributed by atoms with van der Waals surface area (Å²) in [5.74, 6) is -0.338.